The van der Waals surface area contributed by atoms with E-state index in [0.29, 0.717) is 10.7 Å². The molecule has 1 atom stereocenters. The largest absolute Gasteiger partial charge is 0.325 e. The first kappa shape index (κ1) is 19.3. The molecule has 0 aliphatic heterocycles. The van der Waals surface area contributed by atoms with Crippen LogP contribution in [0.4, 0.5) is 10.8 Å². The van der Waals surface area contributed by atoms with Gasteiger partial charge in [0, 0.05) is 16.1 Å². The summed E-state index contributed by atoms with van der Waals surface area (Å²) >= 11 is 1.47. The molecule has 0 fully saturated rings. The van der Waals surface area contributed by atoms with E-state index in [-0.39, 0.29) is 17.7 Å². The van der Waals surface area contributed by atoms with E-state index in [2.05, 4.69) is 15.6 Å². The Hall–Kier alpha value is -2.99. The molecular formula is C23H23N3O2S. The summed E-state index contributed by atoms with van der Waals surface area (Å²) in [4.78, 5) is 31.2. The maximum absolute atomic E-state index is 13.0. The predicted octanol–water partition coefficient (Wildman–Crippen LogP) is 5.07. The Morgan fingerprint density at radius 2 is 1.83 bits per heavy atom. The lowest BCUT2D eigenvalue weighted by atomic mass is 9.90. The summed E-state index contributed by atoms with van der Waals surface area (Å²) in [6.07, 6.45) is 2.59. The lowest BCUT2D eigenvalue weighted by molar-refractivity contribution is -0.117. The molecule has 2 amide bonds. The van der Waals surface area contributed by atoms with Crippen LogP contribution in [0, 0.1) is 13.8 Å². The number of carbonyl (C=O) groups excluding carboxylic acids is 2. The van der Waals surface area contributed by atoms with Crippen molar-refractivity contribution in [1.82, 2.24) is 4.98 Å². The van der Waals surface area contributed by atoms with Gasteiger partial charge in [-0.05, 0) is 62.4 Å². The van der Waals surface area contributed by atoms with Crippen molar-refractivity contribution in [3.63, 3.8) is 0 Å². The van der Waals surface area contributed by atoms with Gasteiger partial charge in [-0.2, -0.15) is 0 Å². The Morgan fingerprint density at radius 1 is 1.03 bits per heavy atom. The van der Waals surface area contributed by atoms with Crippen molar-refractivity contribution in [3.05, 3.63) is 75.8 Å². The van der Waals surface area contributed by atoms with Crippen LogP contribution in [0.3, 0.4) is 0 Å². The third kappa shape index (κ3) is 4.07. The van der Waals surface area contributed by atoms with Crippen LogP contribution in [-0.2, 0) is 11.2 Å². The van der Waals surface area contributed by atoms with E-state index < -0.39 is 0 Å². The average Bonchev–Trinajstić information content (AvgIpc) is 3.14. The van der Waals surface area contributed by atoms with E-state index in [1.54, 1.807) is 12.1 Å². The number of benzene rings is 2. The highest BCUT2D eigenvalue weighted by Crippen LogP contribution is 2.37. The summed E-state index contributed by atoms with van der Waals surface area (Å²) in [6.45, 7) is 4.04. The molecule has 2 N–H and O–H groups in total. The van der Waals surface area contributed by atoms with Crippen LogP contribution >= 0.6 is 11.3 Å². The summed E-state index contributed by atoms with van der Waals surface area (Å²) in [7, 11) is 0. The van der Waals surface area contributed by atoms with E-state index >= 15 is 0 Å². The van der Waals surface area contributed by atoms with Crippen LogP contribution in [0.15, 0.2) is 48.5 Å². The number of fused-ring (bicyclic) bond motifs is 1. The van der Waals surface area contributed by atoms with E-state index in [1.165, 1.54) is 11.3 Å². The molecule has 1 unspecified atom stereocenters. The zero-order valence-electron chi connectivity index (χ0n) is 16.5. The second kappa shape index (κ2) is 8.17. The number of hydrogen-bond donors (Lipinski definition) is 2. The fraction of sp³-hybridized carbons (Fsp3) is 0.261. The van der Waals surface area contributed by atoms with E-state index in [9.17, 15) is 9.59 Å². The highest BCUT2D eigenvalue weighted by Gasteiger charge is 2.31. The molecule has 1 heterocycles. The topological polar surface area (TPSA) is 71.1 Å². The molecule has 6 heteroatoms. The van der Waals surface area contributed by atoms with Gasteiger partial charge in [-0.3, -0.25) is 14.9 Å². The second-order valence-corrected chi connectivity index (χ2v) is 8.41. The monoisotopic (exact) mass is 405 g/mol. The average molecular weight is 406 g/mol. The van der Waals surface area contributed by atoms with Gasteiger partial charge >= 0.3 is 0 Å². The first-order valence-corrected chi connectivity index (χ1v) is 10.6. The van der Waals surface area contributed by atoms with Crippen molar-refractivity contribution in [3.8, 4) is 0 Å². The van der Waals surface area contributed by atoms with Gasteiger partial charge in [-0.15, -0.1) is 11.3 Å². The number of rotatable bonds is 4. The minimum Gasteiger partial charge on any atom is -0.325 e. The lowest BCUT2D eigenvalue weighted by Crippen LogP contribution is -2.25. The van der Waals surface area contributed by atoms with Crippen molar-refractivity contribution in [1.29, 1.82) is 0 Å². The van der Waals surface area contributed by atoms with E-state index in [4.69, 9.17) is 0 Å². The van der Waals surface area contributed by atoms with Crippen LogP contribution in [-0.4, -0.2) is 16.8 Å². The molecule has 0 saturated carbocycles. The summed E-state index contributed by atoms with van der Waals surface area (Å²) in [6, 6.07) is 15.0. The SMILES string of the molecule is Cc1cccc(NC(=O)C2CCCc3sc(NC(=O)c4ccccc4)nc32)c1C. The maximum Gasteiger partial charge on any atom is 0.257 e. The number of amides is 2. The van der Waals surface area contributed by atoms with Gasteiger partial charge in [-0.1, -0.05) is 30.3 Å². The molecule has 29 heavy (non-hydrogen) atoms. The molecule has 1 aromatic heterocycles. The third-order valence-corrected chi connectivity index (χ3v) is 6.44. The zero-order valence-corrected chi connectivity index (χ0v) is 17.3. The van der Waals surface area contributed by atoms with Gasteiger partial charge in [0.25, 0.3) is 5.91 Å². The van der Waals surface area contributed by atoms with Gasteiger partial charge in [0.2, 0.25) is 5.91 Å². The highest BCUT2D eigenvalue weighted by atomic mass is 32.1. The van der Waals surface area contributed by atoms with Gasteiger partial charge in [0.15, 0.2) is 5.13 Å². The molecular weight excluding hydrogens is 382 g/mol. The third-order valence-electron chi connectivity index (χ3n) is 5.39. The molecule has 2 aromatic carbocycles. The number of carbonyl (C=O) groups is 2. The standard InChI is InChI=1S/C23H23N3O2S/c1-14-8-6-12-18(15(14)2)24-22(28)17-11-7-13-19-20(17)25-23(29-19)26-21(27)16-9-4-3-5-10-16/h3-6,8-10,12,17H,7,11,13H2,1-2H3,(H,24,28)(H,25,26,27). The fourth-order valence-corrected chi connectivity index (χ4v) is 4.65. The smallest absolute Gasteiger partial charge is 0.257 e. The predicted molar refractivity (Wildman–Crippen MR) is 117 cm³/mol. The number of aromatic nitrogens is 1. The number of anilines is 2. The van der Waals surface area contributed by atoms with Crippen LogP contribution < -0.4 is 10.6 Å². The Balaban J connectivity index is 1.53. The molecule has 1 aliphatic carbocycles. The Kier molecular flexibility index (Phi) is 5.45. The van der Waals surface area contributed by atoms with Gasteiger partial charge in [0.1, 0.15) is 0 Å². The molecule has 4 rings (SSSR count). The quantitative estimate of drug-likeness (QED) is 0.636. The Bertz CT molecular complexity index is 1060. The normalized spacial score (nSPS) is 15.4. The van der Waals surface area contributed by atoms with Crippen LogP contribution in [0.1, 0.15) is 50.8 Å². The zero-order chi connectivity index (χ0) is 20.4. The van der Waals surface area contributed by atoms with Crippen LogP contribution in [0.2, 0.25) is 0 Å². The van der Waals surface area contributed by atoms with E-state index in [1.807, 2.05) is 50.2 Å². The highest BCUT2D eigenvalue weighted by molar-refractivity contribution is 7.16. The van der Waals surface area contributed by atoms with Gasteiger partial charge < -0.3 is 5.32 Å². The Morgan fingerprint density at radius 3 is 2.62 bits per heavy atom. The van der Waals surface area contributed by atoms with Crippen molar-refractivity contribution < 1.29 is 9.59 Å². The minimum absolute atomic E-state index is 0.0362. The molecule has 1 aliphatic rings. The Labute approximate surface area is 174 Å². The summed E-state index contributed by atoms with van der Waals surface area (Å²) in [5, 5.41) is 6.51. The number of hydrogen-bond acceptors (Lipinski definition) is 4. The number of nitrogens with zero attached hydrogens (tertiary/aromatic N) is 1. The first-order chi connectivity index (χ1) is 14.0. The van der Waals surface area contributed by atoms with Crippen molar-refractivity contribution in [2.45, 2.75) is 39.0 Å². The molecule has 0 radical (unpaired) electrons. The van der Waals surface area contributed by atoms with Gasteiger partial charge in [0.05, 0.1) is 11.6 Å². The number of nitrogens with one attached hydrogen (secondary N) is 2. The maximum atomic E-state index is 13.0. The molecule has 0 bridgehead atoms. The van der Waals surface area contributed by atoms with E-state index in [0.717, 1.165) is 46.6 Å². The molecule has 3 aromatic rings. The van der Waals surface area contributed by atoms with Gasteiger partial charge in [-0.25, -0.2) is 4.98 Å². The molecule has 5 nitrogen and oxygen atoms in total. The molecule has 0 spiro atoms. The van der Waals surface area contributed by atoms with Crippen molar-refractivity contribution >= 4 is 34.0 Å². The summed E-state index contributed by atoms with van der Waals surface area (Å²) in [5.74, 6) is -0.517. The lowest BCUT2D eigenvalue weighted by Gasteiger charge is -2.21. The van der Waals surface area contributed by atoms with Crippen molar-refractivity contribution in [2.24, 2.45) is 0 Å². The van der Waals surface area contributed by atoms with Crippen molar-refractivity contribution in [2.75, 3.05) is 10.6 Å². The fourth-order valence-electron chi connectivity index (χ4n) is 3.59. The molecule has 0 saturated heterocycles. The molecule has 148 valence electrons. The summed E-state index contributed by atoms with van der Waals surface area (Å²) in [5.41, 5.74) is 4.45. The first-order valence-electron chi connectivity index (χ1n) is 9.76. The second-order valence-electron chi connectivity index (χ2n) is 7.33. The van der Waals surface area contributed by atoms with Crippen LogP contribution in [0.5, 0.6) is 0 Å². The summed E-state index contributed by atoms with van der Waals surface area (Å²) < 4.78 is 0. The van der Waals surface area contributed by atoms with Crippen LogP contribution in [0.25, 0.3) is 0 Å². The minimum atomic E-state index is -0.294. The number of thiazole rings is 1. The number of aryl methyl sites for hydroxylation is 2.